The number of thiazole rings is 1. The molecule has 106 valence electrons. The Labute approximate surface area is 123 Å². The van der Waals surface area contributed by atoms with Crippen LogP contribution < -0.4 is 10.6 Å². The Hall–Kier alpha value is -1.88. The molecule has 5 heteroatoms. The Morgan fingerprint density at radius 2 is 2.25 bits per heavy atom. The van der Waals surface area contributed by atoms with Gasteiger partial charge >= 0.3 is 0 Å². The van der Waals surface area contributed by atoms with Gasteiger partial charge in [-0.05, 0) is 31.0 Å². The molecule has 0 saturated carbocycles. The van der Waals surface area contributed by atoms with Gasteiger partial charge in [-0.2, -0.15) is 0 Å². The maximum atomic E-state index is 12.4. The monoisotopic (exact) mass is 289 g/mol. The van der Waals surface area contributed by atoms with Crippen molar-refractivity contribution >= 4 is 22.9 Å². The molecule has 1 heterocycles. The van der Waals surface area contributed by atoms with E-state index in [1.807, 2.05) is 44.5 Å². The van der Waals surface area contributed by atoms with Gasteiger partial charge in [0.15, 0.2) is 0 Å². The van der Waals surface area contributed by atoms with E-state index in [-0.39, 0.29) is 11.9 Å². The lowest BCUT2D eigenvalue weighted by Crippen LogP contribution is -2.28. The summed E-state index contributed by atoms with van der Waals surface area (Å²) in [7, 11) is 1.82. The van der Waals surface area contributed by atoms with Crippen molar-refractivity contribution < 1.29 is 4.79 Å². The third kappa shape index (κ3) is 3.17. The summed E-state index contributed by atoms with van der Waals surface area (Å²) in [5, 5.41) is 8.99. The number of anilines is 1. The van der Waals surface area contributed by atoms with Crippen LogP contribution in [0.5, 0.6) is 0 Å². The smallest absolute Gasteiger partial charge is 0.253 e. The second-order valence-corrected chi connectivity index (χ2v) is 5.53. The van der Waals surface area contributed by atoms with Crippen LogP contribution in [0, 0.1) is 6.92 Å². The maximum absolute atomic E-state index is 12.4. The van der Waals surface area contributed by atoms with Gasteiger partial charge in [-0.15, -0.1) is 11.3 Å². The molecule has 0 aliphatic rings. The molecule has 0 aliphatic heterocycles. The number of carbonyl (C=O) groups is 1. The number of hydrogen-bond acceptors (Lipinski definition) is 4. The number of aryl methyl sites for hydroxylation is 1. The highest BCUT2D eigenvalue weighted by Crippen LogP contribution is 2.22. The van der Waals surface area contributed by atoms with Crippen LogP contribution in [0.1, 0.15) is 40.3 Å². The SMILES string of the molecule is CCC(NC(=O)c1ccc(C)cc1NC)c1nccs1. The second-order valence-electron chi connectivity index (χ2n) is 4.60. The molecule has 20 heavy (non-hydrogen) atoms. The first kappa shape index (κ1) is 14.5. The fraction of sp³-hybridized carbons (Fsp3) is 0.333. The molecule has 0 spiro atoms. The van der Waals surface area contributed by atoms with E-state index >= 15 is 0 Å². The molecule has 1 unspecified atom stereocenters. The summed E-state index contributed by atoms with van der Waals surface area (Å²) < 4.78 is 0. The second kappa shape index (κ2) is 6.52. The molecule has 4 nitrogen and oxygen atoms in total. The predicted octanol–water partition coefficient (Wildman–Crippen LogP) is 3.37. The summed E-state index contributed by atoms with van der Waals surface area (Å²) in [5.74, 6) is -0.0728. The van der Waals surface area contributed by atoms with Crippen LogP contribution >= 0.6 is 11.3 Å². The molecular weight excluding hydrogens is 270 g/mol. The van der Waals surface area contributed by atoms with Gasteiger partial charge in [0, 0.05) is 24.3 Å². The highest BCUT2D eigenvalue weighted by Gasteiger charge is 2.18. The molecule has 1 aromatic heterocycles. The summed E-state index contributed by atoms with van der Waals surface area (Å²) in [4.78, 5) is 16.7. The molecule has 0 radical (unpaired) electrons. The number of hydrogen-bond donors (Lipinski definition) is 2. The summed E-state index contributed by atoms with van der Waals surface area (Å²) >= 11 is 1.56. The van der Waals surface area contributed by atoms with Gasteiger partial charge < -0.3 is 10.6 Å². The van der Waals surface area contributed by atoms with Crippen molar-refractivity contribution in [2.75, 3.05) is 12.4 Å². The quantitative estimate of drug-likeness (QED) is 0.887. The minimum absolute atomic E-state index is 0.0338. The van der Waals surface area contributed by atoms with Gasteiger partial charge in [0.1, 0.15) is 5.01 Å². The summed E-state index contributed by atoms with van der Waals surface area (Å²) in [6.07, 6.45) is 2.58. The molecule has 0 bridgehead atoms. The zero-order valence-electron chi connectivity index (χ0n) is 11.9. The molecule has 1 aromatic carbocycles. The lowest BCUT2D eigenvalue weighted by atomic mass is 10.1. The van der Waals surface area contributed by atoms with E-state index in [1.165, 1.54) is 0 Å². The Balaban J connectivity index is 2.19. The standard InChI is InChI=1S/C15H19N3OS/c1-4-12(15-17-7-8-20-15)18-14(19)11-6-5-10(2)9-13(11)16-3/h5-9,12,16H,4H2,1-3H3,(H,18,19). The van der Waals surface area contributed by atoms with Gasteiger partial charge in [0.2, 0.25) is 0 Å². The van der Waals surface area contributed by atoms with Crippen molar-refractivity contribution in [3.8, 4) is 0 Å². The zero-order chi connectivity index (χ0) is 14.5. The molecule has 1 amide bonds. The van der Waals surface area contributed by atoms with Crippen molar-refractivity contribution in [1.29, 1.82) is 0 Å². The number of nitrogens with zero attached hydrogens (tertiary/aromatic N) is 1. The van der Waals surface area contributed by atoms with Gasteiger partial charge in [-0.1, -0.05) is 13.0 Å². The first-order valence-electron chi connectivity index (χ1n) is 6.64. The average Bonchev–Trinajstić information content (AvgIpc) is 2.98. The van der Waals surface area contributed by atoms with Crippen molar-refractivity contribution in [1.82, 2.24) is 10.3 Å². The van der Waals surface area contributed by atoms with E-state index in [0.717, 1.165) is 22.7 Å². The lowest BCUT2D eigenvalue weighted by Gasteiger charge is -2.16. The fourth-order valence-electron chi connectivity index (χ4n) is 2.04. The normalized spacial score (nSPS) is 11.9. The van der Waals surface area contributed by atoms with Crippen LogP contribution in [0.2, 0.25) is 0 Å². The van der Waals surface area contributed by atoms with Crippen LogP contribution in [-0.4, -0.2) is 17.9 Å². The Morgan fingerprint density at radius 3 is 2.85 bits per heavy atom. The Bertz CT molecular complexity index is 581. The van der Waals surface area contributed by atoms with Crippen LogP contribution in [-0.2, 0) is 0 Å². The minimum Gasteiger partial charge on any atom is -0.387 e. The van der Waals surface area contributed by atoms with E-state index in [0.29, 0.717) is 5.56 Å². The molecule has 2 N–H and O–H groups in total. The van der Waals surface area contributed by atoms with E-state index in [4.69, 9.17) is 0 Å². The molecule has 0 saturated heterocycles. The van der Waals surface area contributed by atoms with Crippen LogP contribution in [0.3, 0.4) is 0 Å². The van der Waals surface area contributed by atoms with Crippen LogP contribution in [0.15, 0.2) is 29.8 Å². The molecule has 0 fully saturated rings. The van der Waals surface area contributed by atoms with E-state index in [9.17, 15) is 4.79 Å². The van der Waals surface area contributed by atoms with Gasteiger partial charge in [-0.3, -0.25) is 4.79 Å². The maximum Gasteiger partial charge on any atom is 0.253 e. The summed E-state index contributed by atoms with van der Waals surface area (Å²) in [6, 6.07) is 5.73. The van der Waals surface area contributed by atoms with E-state index < -0.39 is 0 Å². The Morgan fingerprint density at radius 1 is 1.45 bits per heavy atom. The van der Waals surface area contributed by atoms with Crippen LogP contribution in [0.25, 0.3) is 0 Å². The molecular formula is C15H19N3OS. The zero-order valence-corrected chi connectivity index (χ0v) is 12.8. The third-order valence-electron chi connectivity index (χ3n) is 3.15. The summed E-state index contributed by atoms with van der Waals surface area (Å²) in [6.45, 7) is 4.05. The summed E-state index contributed by atoms with van der Waals surface area (Å²) in [5.41, 5.74) is 2.63. The predicted molar refractivity (Wildman–Crippen MR) is 83.3 cm³/mol. The molecule has 2 aromatic rings. The Kier molecular flexibility index (Phi) is 4.74. The first-order valence-corrected chi connectivity index (χ1v) is 7.52. The van der Waals surface area contributed by atoms with Crippen molar-refractivity contribution in [3.63, 3.8) is 0 Å². The molecule has 1 atom stereocenters. The highest BCUT2D eigenvalue weighted by atomic mass is 32.1. The average molecular weight is 289 g/mol. The molecule has 2 rings (SSSR count). The fourth-order valence-corrected chi connectivity index (χ4v) is 2.82. The third-order valence-corrected chi connectivity index (χ3v) is 4.04. The molecule has 0 aliphatic carbocycles. The van der Waals surface area contributed by atoms with Crippen molar-refractivity contribution in [2.45, 2.75) is 26.3 Å². The van der Waals surface area contributed by atoms with Gasteiger partial charge in [0.05, 0.1) is 11.6 Å². The van der Waals surface area contributed by atoms with E-state index in [2.05, 4.69) is 15.6 Å². The highest BCUT2D eigenvalue weighted by molar-refractivity contribution is 7.09. The number of carbonyl (C=O) groups excluding carboxylic acids is 1. The number of aromatic nitrogens is 1. The van der Waals surface area contributed by atoms with E-state index in [1.54, 1.807) is 17.5 Å². The van der Waals surface area contributed by atoms with Crippen molar-refractivity contribution in [2.24, 2.45) is 0 Å². The number of nitrogens with one attached hydrogen (secondary N) is 2. The number of amides is 1. The van der Waals surface area contributed by atoms with Crippen molar-refractivity contribution in [3.05, 3.63) is 45.9 Å². The van der Waals surface area contributed by atoms with Crippen LogP contribution in [0.4, 0.5) is 5.69 Å². The van der Waals surface area contributed by atoms with Gasteiger partial charge in [0.25, 0.3) is 5.91 Å². The number of rotatable bonds is 5. The topological polar surface area (TPSA) is 54.0 Å². The first-order chi connectivity index (χ1) is 9.65. The number of benzene rings is 1. The van der Waals surface area contributed by atoms with Gasteiger partial charge in [-0.25, -0.2) is 4.98 Å². The largest absolute Gasteiger partial charge is 0.387 e. The lowest BCUT2D eigenvalue weighted by molar-refractivity contribution is 0.0936. The minimum atomic E-state index is -0.0728.